The van der Waals surface area contributed by atoms with Crippen LogP contribution in [0.1, 0.15) is 26.3 Å². The topological polar surface area (TPSA) is 46.2 Å². The van der Waals surface area contributed by atoms with Gasteiger partial charge in [0, 0.05) is 0 Å². The molecule has 0 aliphatic carbocycles. The third kappa shape index (κ3) is 1.42. The molecule has 68 valence electrons. The number of amides is 2. The second-order valence-electron chi connectivity index (χ2n) is 2.83. The highest BCUT2D eigenvalue weighted by atomic mass is 35.5. The fourth-order valence-electron chi connectivity index (χ4n) is 1.28. The van der Waals surface area contributed by atoms with E-state index in [-0.39, 0.29) is 24.2 Å². The summed E-state index contributed by atoms with van der Waals surface area (Å²) in [6.07, 6.45) is 0. The molecule has 0 saturated heterocycles. The van der Waals surface area contributed by atoms with Gasteiger partial charge in [0.1, 0.15) is 0 Å². The van der Waals surface area contributed by atoms with Crippen LogP contribution in [-0.4, -0.2) is 11.8 Å². The Morgan fingerprint density at radius 2 is 1.69 bits per heavy atom. The van der Waals surface area contributed by atoms with Gasteiger partial charge in [-0.05, 0) is 19.1 Å². The van der Waals surface area contributed by atoms with Gasteiger partial charge < -0.3 is 0 Å². The Bertz CT molecular complexity index is 387. The van der Waals surface area contributed by atoms with Gasteiger partial charge in [0.2, 0.25) is 0 Å². The number of halogens is 1. The molecule has 1 aromatic rings. The molecule has 1 heterocycles. The van der Waals surface area contributed by atoms with E-state index in [9.17, 15) is 9.59 Å². The van der Waals surface area contributed by atoms with Crippen molar-refractivity contribution >= 4 is 24.2 Å². The summed E-state index contributed by atoms with van der Waals surface area (Å²) < 4.78 is 0. The summed E-state index contributed by atoms with van der Waals surface area (Å²) in [5.74, 6) is -0.589. The van der Waals surface area contributed by atoms with E-state index < -0.39 is 0 Å². The van der Waals surface area contributed by atoms with Crippen LogP contribution >= 0.6 is 12.4 Å². The lowest BCUT2D eigenvalue weighted by Gasteiger charge is -1.94. The maximum Gasteiger partial charge on any atom is 0.258 e. The van der Waals surface area contributed by atoms with Crippen LogP contribution in [0.5, 0.6) is 0 Å². The lowest BCUT2D eigenvalue weighted by molar-refractivity contribution is 0.0879. The molecule has 2 rings (SSSR count). The van der Waals surface area contributed by atoms with Gasteiger partial charge in [-0.25, -0.2) is 0 Å². The van der Waals surface area contributed by atoms with Crippen LogP contribution in [-0.2, 0) is 0 Å². The standard InChI is InChI=1S/C9H7NO2.ClH/c1-5-2-3-6-7(4-5)9(12)10-8(6)11;/h2-4H,1H3,(H,10,11,12);1H. The van der Waals surface area contributed by atoms with Crippen molar-refractivity contribution in [2.45, 2.75) is 6.92 Å². The monoisotopic (exact) mass is 197 g/mol. The first kappa shape index (κ1) is 9.74. The largest absolute Gasteiger partial charge is 0.288 e. The van der Waals surface area contributed by atoms with Crippen LogP contribution in [0.3, 0.4) is 0 Å². The number of nitrogens with one attached hydrogen (secondary N) is 1. The summed E-state index contributed by atoms with van der Waals surface area (Å²) in [6.45, 7) is 1.89. The summed E-state index contributed by atoms with van der Waals surface area (Å²) in [7, 11) is 0. The van der Waals surface area contributed by atoms with Gasteiger partial charge in [-0.1, -0.05) is 11.6 Å². The molecule has 0 saturated carbocycles. The van der Waals surface area contributed by atoms with Crippen molar-refractivity contribution < 1.29 is 9.59 Å². The van der Waals surface area contributed by atoms with Crippen molar-refractivity contribution in [1.82, 2.24) is 5.32 Å². The van der Waals surface area contributed by atoms with Crippen LogP contribution in [0.2, 0.25) is 0 Å². The van der Waals surface area contributed by atoms with Gasteiger partial charge in [0.25, 0.3) is 11.8 Å². The first-order valence-corrected chi connectivity index (χ1v) is 3.65. The molecule has 1 aromatic carbocycles. The zero-order chi connectivity index (χ0) is 8.72. The van der Waals surface area contributed by atoms with E-state index >= 15 is 0 Å². The summed E-state index contributed by atoms with van der Waals surface area (Å²) in [4.78, 5) is 22.2. The Morgan fingerprint density at radius 3 is 2.38 bits per heavy atom. The number of carbonyl (C=O) groups is 2. The smallest absolute Gasteiger partial charge is 0.258 e. The minimum absolute atomic E-state index is 0. The summed E-state index contributed by atoms with van der Waals surface area (Å²) in [5.41, 5.74) is 1.95. The van der Waals surface area contributed by atoms with Crippen molar-refractivity contribution in [1.29, 1.82) is 0 Å². The first-order valence-electron chi connectivity index (χ1n) is 3.65. The molecule has 0 unspecified atom stereocenters. The van der Waals surface area contributed by atoms with Gasteiger partial charge in [0.05, 0.1) is 11.1 Å². The molecule has 2 amide bonds. The molecular weight excluding hydrogens is 190 g/mol. The third-order valence-electron chi connectivity index (χ3n) is 1.89. The van der Waals surface area contributed by atoms with Gasteiger partial charge >= 0.3 is 0 Å². The van der Waals surface area contributed by atoms with E-state index in [1.165, 1.54) is 0 Å². The minimum atomic E-state index is -0.296. The first-order chi connectivity index (χ1) is 5.68. The molecule has 3 nitrogen and oxygen atoms in total. The van der Waals surface area contributed by atoms with Crippen LogP contribution in [0.15, 0.2) is 18.2 Å². The quantitative estimate of drug-likeness (QED) is 0.638. The predicted molar refractivity (Wildman–Crippen MR) is 50.2 cm³/mol. The number of hydrogen-bond acceptors (Lipinski definition) is 2. The van der Waals surface area contributed by atoms with Crippen LogP contribution in [0.25, 0.3) is 0 Å². The average Bonchev–Trinajstić information content (AvgIpc) is 2.28. The van der Waals surface area contributed by atoms with Gasteiger partial charge in [-0.15, -0.1) is 12.4 Å². The molecular formula is C9H8ClNO2. The van der Waals surface area contributed by atoms with E-state index in [1.807, 2.05) is 13.0 Å². The van der Waals surface area contributed by atoms with Gasteiger partial charge in [0.15, 0.2) is 0 Å². The van der Waals surface area contributed by atoms with Crippen molar-refractivity contribution in [3.05, 3.63) is 34.9 Å². The van der Waals surface area contributed by atoms with E-state index in [0.717, 1.165) is 5.56 Å². The fraction of sp³-hybridized carbons (Fsp3) is 0.111. The molecule has 0 aromatic heterocycles. The second kappa shape index (κ2) is 3.18. The van der Waals surface area contributed by atoms with Crippen LogP contribution in [0, 0.1) is 6.92 Å². The van der Waals surface area contributed by atoms with Gasteiger partial charge in [-0.2, -0.15) is 0 Å². The Hall–Kier alpha value is -1.35. The minimum Gasteiger partial charge on any atom is -0.288 e. The van der Waals surface area contributed by atoms with Crippen LogP contribution < -0.4 is 5.32 Å². The zero-order valence-electron chi connectivity index (χ0n) is 6.96. The molecule has 0 atom stereocenters. The van der Waals surface area contributed by atoms with E-state index in [2.05, 4.69) is 5.32 Å². The number of imide groups is 1. The SMILES string of the molecule is Cc1ccc2c(c1)C(=O)NC2=O.Cl. The fourth-order valence-corrected chi connectivity index (χ4v) is 1.28. The number of hydrogen-bond donors (Lipinski definition) is 1. The Morgan fingerprint density at radius 1 is 1.08 bits per heavy atom. The molecule has 13 heavy (non-hydrogen) atoms. The average molecular weight is 198 g/mol. The lowest BCUT2D eigenvalue weighted by atomic mass is 10.1. The molecule has 1 N–H and O–H groups in total. The molecule has 1 aliphatic heterocycles. The van der Waals surface area contributed by atoms with Crippen molar-refractivity contribution in [2.24, 2.45) is 0 Å². The van der Waals surface area contributed by atoms with E-state index in [0.29, 0.717) is 11.1 Å². The summed E-state index contributed by atoms with van der Waals surface area (Å²) in [6, 6.07) is 5.21. The van der Waals surface area contributed by atoms with Crippen molar-refractivity contribution in [3.63, 3.8) is 0 Å². The van der Waals surface area contributed by atoms with E-state index in [4.69, 9.17) is 0 Å². The van der Waals surface area contributed by atoms with Crippen molar-refractivity contribution in [3.8, 4) is 0 Å². The molecule has 0 bridgehead atoms. The number of rotatable bonds is 0. The summed E-state index contributed by atoms with van der Waals surface area (Å²) >= 11 is 0. The predicted octanol–water partition coefficient (Wildman–Crippen LogP) is 1.30. The molecule has 0 spiro atoms. The number of fused-ring (bicyclic) bond motifs is 1. The summed E-state index contributed by atoms with van der Waals surface area (Å²) in [5, 5.41) is 2.23. The molecule has 1 aliphatic rings. The van der Waals surface area contributed by atoms with Gasteiger partial charge in [-0.3, -0.25) is 14.9 Å². The zero-order valence-corrected chi connectivity index (χ0v) is 7.77. The lowest BCUT2D eigenvalue weighted by Crippen LogP contribution is -2.19. The number of aryl methyl sites for hydroxylation is 1. The molecule has 4 heteroatoms. The highest BCUT2D eigenvalue weighted by Gasteiger charge is 2.25. The maximum atomic E-state index is 11.1. The highest BCUT2D eigenvalue weighted by Crippen LogP contribution is 2.16. The third-order valence-corrected chi connectivity index (χ3v) is 1.89. The molecule has 0 radical (unpaired) electrons. The Labute approximate surface area is 81.5 Å². The number of carbonyl (C=O) groups excluding carboxylic acids is 2. The second-order valence-corrected chi connectivity index (χ2v) is 2.83. The Kier molecular flexibility index (Phi) is 2.38. The van der Waals surface area contributed by atoms with Crippen LogP contribution in [0.4, 0.5) is 0 Å². The normalized spacial score (nSPS) is 13.3. The molecule has 0 fully saturated rings. The maximum absolute atomic E-state index is 11.1. The Balaban J connectivity index is 0.000000845. The number of benzene rings is 1. The van der Waals surface area contributed by atoms with E-state index in [1.54, 1.807) is 12.1 Å². The highest BCUT2D eigenvalue weighted by molar-refractivity contribution is 6.21. The van der Waals surface area contributed by atoms with Crippen molar-refractivity contribution in [2.75, 3.05) is 0 Å².